The van der Waals surface area contributed by atoms with Crippen LogP contribution in [0.25, 0.3) is 0 Å². The quantitative estimate of drug-likeness (QED) is 0.791. The Hall–Kier alpha value is -1.64. The van der Waals surface area contributed by atoms with Gasteiger partial charge in [-0.05, 0) is 48.8 Å². The molecule has 1 aromatic carbocycles. The largest absolute Gasteiger partial charge is 0.496 e. The Labute approximate surface area is 131 Å². The van der Waals surface area contributed by atoms with Crippen molar-refractivity contribution in [3.8, 4) is 5.75 Å². The third kappa shape index (κ3) is 1.42. The van der Waals surface area contributed by atoms with Gasteiger partial charge in [-0.1, -0.05) is 20.3 Å². The van der Waals surface area contributed by atoms with Crippen molar-refractivity contribution in [2.24, 2.45) is 22.7 Å². The van der Waals surface area contributed by atoms with E-state index in [1.165, 1.54) is 0 Å². The highest BCUT2D eigenvalue weighted by Gasteiger charge is 2.78. The lowest BCUT2D eigenvalue weighted by Gasteiger charge is -2.33. The molecule has 0 aromatic heterocycles. The second-order valence-corrected chi connectivity index (χ2v) is 7.90. The number of benzene rings is 1. The number of aryl methyl sites for hydroxylation is 1. The summed E-state index contributed by atoms with van der Waals surface area (Å²) in [5.41, 5.74) is 1.79. The van der Waals surface area contributed by atoms with E-state index in [1.807, 2.05) is 13.0 Å². The number of fused-ring (bicyclic) bond motifs is 2. The van der Waals surface area contributed by atoms with Crippen molar-refractivity contribution in [3.63, 3.8) is 0 Å². The SMILES string of the molecule is COc1cc2c(cc1C)C(=O)[C@@H]1[C@H]3C(C)(C)CCC[C@@]13C2=O. The lowest BCUT2D eigenvalue weighted by atomic mass is 9.69. The summed E-state index contributed by atoms with van der Waals surface area (Å²) in [5, 5.41) is 0. The molecule has 2 saturated carbocycles. The molecule has 3 atom stereocenters. The number of carbonyl (C=O) groups is 2. The maximum Gasteiger partial charge on any atom is 0.170 e. The van der Waals surface area contributed by atoms with Crippen LogP contribution in [0.15, 0.2) is 12.1 Å². The van der Waals surface area contributed by atoms with Gasteiger partial charge in [-0.2, -0.15) is 0 Å². The highest BCUT2D eigenvalue weighted by atomic mass is 16.5. The summed E-state index contributed by atoms with van der Waals surface area (Å²) < 4.78 is 5.35. The molecule has 0 N–H and O–H groups in total. The van der Waals surface area contributed by atoms with Crippen LogP contribution in [0.3, 0.4) is 0 Å². The van der Waals surface area contributed by atoms with Crippen LogP contribution in [-0.4, -0.2) is 18.7 Å². The Morgan fingerprint density at radius 3 is 2.55 bits per heavy atom. The number of carbonyl (C=O) groups excluding carboxylic acids is 2. The van der Waals surface area contributed by atoms with Gasteiger partial charge >= 0.3 is 0 Å². The van der Waals surface area contributed by atoms with Gasteiger partial charge in [0.2, 0.25) is 0 Å². The van der Waals surface area contributed by atoms with Crippen molar-refractivity contribution in [2.75, 3.05) is 7.11 Å². The first-order valence-corrected chi connectivity index (χ1v) is 8.12. The molecule has 0 saturated heterocycles. The normalized spacial score (nSPS) is 34.5. The van der Waals surface area contributed by atoms with Crippen LogP contribution in [0.4, 0.5) is 0 Å². The molecule has 1 spiro atoms. The van der Waals surface area contributed by atoms with E-state index in [-0.39, 0.29) is 28.8 Å². The van der Waals surface area contributed by atoms with E-state index in [9.17, 15) is 9.59 Å². The molecule has 4 rings (SSSR count). The zero-order valence-electron chi connectivity index (χ0n) is 13.7. The Morgan fingerprint density at radius 2 is 1.86 bits per heavy atom. The standard InChI is InChI=1S/C19H22O3/c1-10-8-11-12(9-13(10)22-4)17(21)19-7-5-6-18(2,3)16(19)14(19)15(11)20/h8-9,14,16H,5-7H2,1-4H3/t14-,16+,19-/m1/s1. The molecule has 0 aliphatic heterocycles. The van der Waals surface area contributed by atoms with Crippen molar-refractivity contribution in [1.82, 2.24) is 0 Å². The topological polar surface area (TPSA) is 43.4 Å². The highest BCUT2D eigenvalue weighted by Crippen LogP contribution is 2.75. The first-order valence-electron chi connectivity index (χ1n) is 8.12. The molecular weight excluding hydrogens is 276 g/mol. The molecule has 0 amide bonds. The summed E-state index contributed by atoms with van der Waals surface area (Å²) in [7, 11) is 1.61. The Morgan fingerprint density at radius 1 is 1.14 bits per heavy atom. The van der Waals surface area contributed by atoms with Gasteiger partial charge in [0.15, 0.2) is 11.6 Å². The lowest BCUT2D eigenvalue weighted by Crippen LogP contribution is -2.33. The van der Waals surface area contributed by atoms with Gasteiger partial charge in [-0.25, -0.2) is 0 Å². The number of hydrogen-bond acceptors (Lipinski definition) is 3. The average molecular weight is 298 g/mol. The molecule has 0 unspecified atom stereocenters. The number of methoxy groups -OCH3 is 1. The van der Waals surface area contributed by atoms with Crippen molar-refractivity contribution in [3.05, 3.63) is 28.8 Å². The summed E-state index contributed by atoms with van der Waals surface area (Å²) in [6.07, 6.45) is 3.01. The fourth-order valence-electron chi connectivity index (χ4n) is 5.39. The van der Waals surface area contributed by atoms with E-state index in [4.69, 9.17) is 4.74 Å². The van der Waals surface area contributed by atoms with E-state index in [0.717, 1.165) is 24.8 Å². The van der Waals surface area contributed by atoms with Gasteiger partial charge in [-0.3, -0.25) is 9.59 Å². The summed E-state index contributed by atoms with van der Waals surface area (Å²) in [6.45, 7) is 6.35. The molecule has 116 valence electrons. The minimum Gasteiger partial charge on any atom is -0.496 e. The predicted molar refractivity (Wildman–Crippen MR) is 83.4 cm³/mol. The fourth-order valence-corrected chi connectivity index (χ4v) is 5.39. The molecule has 3 aliphatic carbocycles. The summed E-state index contributed by atoms with van der Waals surface area (Å²) in [5.74, 6) is 1.19. The molecule has 3 heteroatoms. The van der Waals surface area contributed by atoms with E-state index in [0.29, 0.717) is 16.9 Å². The second-order valence-electron chi connectivity index (χ2n) is 7.90. The van der Waals surface area contributed by atoms with Crippen LogP contribution in [0.5, 0.6) is 5.75 Å². The Bertz CT molecular complexity index is 716. The molecular formula is C19H22O3. The van der Waals surface area contributed by atoms with E-state index < -0.39 is 5.41 Å². The maximum absolute atomic E-state index is 13.2. The first kappa shape index (κ1) is 14.0. The zero-order chi connectivity index (χ0) is 15.9. The number of rotatable bonds is 1. The van der Waals surface area contributed by atoms with Crippen LogP contribution in [0, 0.1) is 29.6 Å². The van der Waals surface area contributed by atoms with Gasteiger partial charge in [0.05, 0.1) is 7.11 Å². The summed E-state index contributed by atoms with van der Waals surface area (Å²) in [4.78, 5) is 26.2. The van der Waals surface area contributed by atoms with Crippen LogP contribution >= 0.6 is 0 Å². The van der Waals surface area contributed by atoms with Crippen molar-refractivity contribution < 1.29 is 14.3 Å². The molecule has 3 aliphatic rings. The number of ether oxygens (including phenoxy) is 1. The van der Waals surface area contributed by atoms with Crippen LogP contribution < -0.4 is 4.74 Å². The van der Waals surface area contributed by atoms with Gasteiger partial charge in [0.1, 0.15) is 5.75 Å². The van der Waals surface area contributed by atoms with E-state index >= 15 is 0 Å². The molecule has 2 fully saturated rings. The summed E-state index contributed by atoms with van der Waals surface area (Å²) in [6, 6.07) is 3.63. The van der Waals surface area contributed by atoms with Crippen molar-refractivity contribution >= 4 is 11.6 Å². The van der Waals surface area contributed by atoms with Crippen molar-refractivity contribution in [1.29, 1.82) is 0 Å². The highest BCUT2D eigenvalue weighted by molar-refractivity contribution is 6.21. The minimum absolute atomic E-state index is 0.0788. The number of hydrogen-bond donors (Lipinski definition) is 0. The Kier molecular flexibility index (Phi) is 2.55. The second kappa shape index (κ2) is 4.01. The van der Waals surface area contributed by atoms with Gasteiger partial charge < -0.3 is 4.74 Å². The molecule has 1 aromatic rings. The lowest BCUT2D eigenvalue weighted by molar-refractivity contribution is 0.0752. The zero-order valence-corrected chi connectivity index (χ0v) is 13.7. The van der Waals surface area contributed by atoms with E-state index in [1.54, 1.807) is 13.2 Å². The van der Waals surface area contributed by atoms with Crippen LogP contribution in [0.1, 0.15) is 59.4 Å². The Balaban J connectivity index is 1.90. The fraction of sp³-hybridized carbons (Fsp3) is 0.579. The van der Waals surface area contributed by atoms with Crippen molar-refractivity contribution in [2.45, 2.75) is 40.0 Å². The number of Topliss-reactive ketones (excluding diaryl/α,β-unsaturated/α-hetero) is 2. The monoisotopic (exact) mass is 298 g/mol. The first-order chi connectivity index (χ1) is 10.3. The third-order valence-electron chi connectivity index (χ3n) is 6.34. The smallest absolute Gasteiger partial charge is 0.170 e. The number of ketones is 2. The van der Waals surface area contributed by atoms with E-state index in [2.05, 4.69) is 13.8 Å². The van der Waals surface area contributed by atoms with Crippen LogP contribution in [-0.2, 0) is 0 Å². The van der Waals surface area contributed by atoms with Gasteiger partial charge in [0, 0.05) is 22.5 Å². The maximum atomic E-state index is 13.2. The predicted octanol–water partition coefficient (Wildman–Crippen LogP) is 3.83. The van der Waals surface area contributed by atoms with Gasteiger partial charge in [0.25, 0.3) is 0 Å². The molecule has 22 heavy (non-hydrogen) atoms. The van der Waals surface area contributed by atoms with Gasteiger partial charge in [-0.15, -0.1) is 0 Å². The molecule has 0 radical (unpaired) electrons. The molecule has 3 nitrogen and oxygen atoms in total. The molecule has 0 heterocycles. The third-order valence-corrected chi connectivity index (χ3v) is 6.34. The summed E-state index contributed by atoms with van der Waals surface area (Å²) >= 11 is 0. The molecule has 0 bridgehead atoms. The average Bonchev–Trinajstić information content (AvgIpc) is 3.17. The minimum atomic E-state index is -0.411. The van der Waals surface area contributed by atoms with Crippen LogP contribution in [0.2, 0.25) is 0 Å².